The minimum absolute atomic E-state index is 0.863. The first-order valence-electron chi connectivity index (χ1n) is 2.94. The average Bonchev–Trinajstić information content (AvgIpc) is 1.94. The Labute approximate surface area is 60.6 Å². The number of allylic oxidation sites excluding steroid dienone is 1. The lowest BCUT2D eigenvalue weighted by Gasteiger charge is -1.93. The van der Waals surface area contributed by atoms with Gasteiger partial charge in [0.05, 0.1) is 5.03 Å². The first-order valence-corrected chi connectivity index (χ1v) is 3.82. The highest BCUT2D eigenvalue weighted by molar-refractivity contribution is 8.05. The van der Waals surface area contributed by atoms with Crippen LogP contribution in [0, 0.1) is 0 Å². The van der Waals surface area contributed by atoms with E-state index >= 15 is 0 Å². The fraction of sp³-hybridized carbons (Fsp3) is 0.286. The topological polar surface area (TPSA) is 12.4 Å². The van der Waals surface area contributed by atoms with E-state index < -0.39 is 0 Å². The third-order valence-electron chi connectivity index (χ3n) is 0.587. The molecule has 0 aromatic heterocycles. The van der Waals surface area contributed by atoms with Crippen molar-refractivity contribution in [2.45, 2.75) is 13.8 Å². The van der Waals surface area contributed by atoms with Crippen LogP contribution in [0.2, 0.25) is 0 Å². The van der Waals surface area contributed by atoms with Gasteiger partial charge in [-0.05, 0) is 11.5 Å². The molecule has 0 fully saturated rings. The molecule has 0 aromatic rings. The summed E-state index contributed by atoms with van der Waals surface area (Å²) in [4.78, 5) is 3.89. The Balaban J connectivity index is 0.000000291. The van der Waals surface area contributed by atoms with Gasteiger partial charge < -0.3 is 0 Å². The molecule has 2 heteroatoms. The van der Waals surface area contributed by atoms with Gasteiger partial charge in [0.2, 0.25) is 0 Å². The van der Waals surface area contributed by atoms with Crippen molar-refractivity contribution in [1.29, 1.82) is 0 Å². The Morgan fingerprint density at radius 3 is 2.44 bits per heavy atom. The largest absolute Gasteiger partial charge is 0.250 e. The summed E-state index contributed by atoms with van der Waals surface area (Å²) in [6.07, 6.45) is 3.62. The zero-order valence-corrected chi connectivity index (χ0v) is 6.61. The highest BCUT2D eigenvalue weighted by atomic mass is 32.2. The Morgan fingerprint density at radius 2 is 2.22 bits per heavy atom. The predicted octanol–water partition coefficient (Wildman–Crippen LogP) is 2.82. The predicted molar refractivity (Wildman–Crippen MR) is 45.7 cm³/mol. The summed E-state index contributed by atoms with van der Waals surface area (Å²) in [6.45, 7) is 7.63. The van der Waals surface area contributed by atoms with Gasteiger partial charge in [0.25, 0.3) is 0 Å². The van der Waals surface area contributed by atoms with Crippen LogP contribution in [0.15, 0.2) is 28.1 Å². The number of nitrogens with zero attached hydrogens (tertiary/aromatic N) is 1. The zero-order valence-electron chi connectivity index (χ0n) is 5.79. The number of hydrogen-bond acceptors (Lipinski definition) is 2. The molecule has 1 aliphatic heterocycles. The molecule has 1 rings (SSSR count). The van der Waals surface area contributed by atoms with E-state index in [0.717, 1.165) is 5.03 Å². The second kappa shape index (κ2) is 5.63. The molecule has 9 heavy (non-hydrogen) atoms. The molecule has 0 saturated carbocycles. The summed E-state index contributed by atoms with van der Waals surface area (Å²) in [5.74, 6) is 0. The van der Waals surface area contributed by atoms with E-state index in [2.05, 4.69) is 11.6 Å². The van der Waals surface area contributed by atoms with Crippen molar-refractivity contribution in [2.24, 2.45) is 4.99 Å². The van der Waals surface area contributed by atoms with E-state index in [9.17, 15) is 0 Å². The first kappa shape index (κ1) is 8.50. The fourth-order valence-corrected chi connectivity index (χ4v) is 0.737. The molecular weight excluding hydrogens is 130 g/mol. The molecule has 0 aliphatic carbocycles. The van der Waals surface area contributed by atoms with Gasteiger partial charge in [0.1, 0.15) is 0 Å². The Morgan fingerprint density at radius 1 is 1.56 bits per heavy atom. The molecule has 0 saturated heterocycles. The summed E-state index contributed by atoms with van der Waals surface area (Å²) in [7, 11) is 0. The second-order valence-electron chi connectivity index (χ2n) is 1.12. The highest BCUT2D eigenvalue weighted by Crippen LogP contribution is 2.17. The molecule has 0 bridgehead atoms. The maximum absolute atomic E-state index is 3.89. The molecule has 0 spiro atoms. The molecular formula is C7H11NS. The first-order chi connectivity index (χ1) is 4.39. The lowest BCUT2D eigenvalue weighted by Crippen LogP contribution is -1.71. The van der Waals surface area contributed by atoms with Crippen molar-refractivity contribution in [1.82, 2.24) is 0 Å². The minimum Gasteiger partial charge on any atom is -0.250 e. The van der Waals surface area contributed by atoms with Crippen LogP contribution in [0.3, 0.4) is 0 Å². The summed E-state index contributed by atoms with van der Waals surface area (Å²) in [6, 6.07) is 0. The summed E-state index contributed by atoms with van der Waals surface area (Å²) in [5, 5.41) is 2.82. The van der Waals surface area contributed by atoms with Gasteiger partial charge in [-0.1, -0.05) is 32.2 Å². The quantitative estimate of drug-likeness (QED) is 0.505. The van der Waals surface area contributed by atoms with Crippen LogP contribution in [0.25, 0.3) is 0 Å². The summed E-state index contributed by atoms with van der Waals surface area (Å²) in [5.41, 5.74) is 0. The van der Waals surface area contributed by atoms with Crippen LogP contribution in [-0.4, -0.2) is 6.21 Å². The van der Waals surface area contributed by atoms with Gasteiger partial charge in [0.15, 0.2) is 0 Å². The van der Waals surface area contributed by atoms with Gasteiger partial charge >= 0.3 is 0 Å². The molecule has 0 atom stereocenters. The monoisotopic (exact) mass is 141 g/mol. The van der Waals surface area contributed by atoms with Crippen molar-refractivity contribution in [3.8, 4) is 0 Å². The molecule has 50 valence electrons. The number of rotatable bonds is 0. The van der Waals surface area contributed by atoms with Crippen molar-refractivity contribution < 1.29 is 0 Å². The van der Waals surface area contributed by atoms with Crippen molar-refractivity contribution in [3.63, 3.8) is 0 Å². The molecule has 0 unspecified atom stereocenters. The minimum atomic E-state index is 0.863. The SMILES string of the molecule is C=C1N=CC=CS1.CC. The highest BCUT2D eigenvalue weighted by Gasteiger charge is 1.86. The van der Waals surface area contributed by atoms with Crippen LogP contribution in [0.5, 0.6) is 0 Å². The van der Waals surface area contributed by atoms with E-state index in [1.165, 1.54) is 0 Å². The zero-order chi connectivity index (χ0) is 7.11. The van der Waals surface area contributed by atoms with Crippen LogP contribution < -0.4 is 0 Å². The third kappa shape index (κ3) is 4.03. The van der Waals surface area contributed by atoms with E-state index in [-0.39, 0.29) is 0 Å². The standard InChI is InChI=1S/C5H5NS.C2H6/c1-5-6-3-2-4-7-5;1-2/h2-4H,1H2;1-2H3. The lowest BCUT2D eigenvalue weighted by molar-refractivity contribution is 1.50. The van der Waals surface area contributed by atoms with E-state index in [0.29, 0.717) is 0 Å². The van der Waals surface area contributed by atoms with Gasteiger partial charge in [-0.25, -0.2) is 0 Å². The summed E-state index contributed by atoms with van der Waals surface area (Å²) >= 11 is 1.55. The molecule has 0 N–H and O–H groups in total. The van der Waals surface area contributed by atoms with E-state index in [1.54, 1.807) is 18.0 Å². The molecule has 1 nitrogen and oxygen atoms in total. The number of thioether (sulfide) groups is 1. The van der Waals surface area contributed by atoms with Crippen LogP contribution >= 0.6 is 11.8 Å². The normalized spacial score (nSPS) is 14.7. The maximum Gasteiger partial charge on any atom is 0.0929 e. The van der Waals surface area contributed by atoms with E-state index in [1.807, 2.05) is 25.3 Å². The van der Waals surface area contributed by atoms with Crippen molar-refractivity contribution in [3.05, 3.63) is 23.1 Å². The van der Waals surface area contributed by atoms with Crippen molar-refractivity contribution in [2.75, 3.05) is 0 Å². The second-order valence-corrected chi connectivity index (χ2v) is 2.10. The molecule has 0 radical (unpaired) electrons. The number of aliphatic imine (C=N–C) groups is 1. The lowest BCUT2D eigenvalue weighted by atomic mass is 10.7. The molecule has 0 amide bonds. The fourth-order valence-electron chi connectivity index (χ4n) is 0.310. The Bertz CT molecular complexity index is 136. The smallest absolute Gasteiger partial charge is 0.0929 e. The maximum atomic E-state index is 3.89. The molecule has 1 heterocycles. The van der Waals surface area contributed by atoms with Gasteiger partial charge in [-0.3, -0.25) is 4.99 Å². The van der Waals surface area contributed by atoms with Gasteiger partial charge in [0, 0.05) is 6.21 Å². The third-order valence-corrected chi connectivity index (χ3v) is 1.26. The molecule has 1 aliphatic rings. The summed E-state index contributed by atoms with van der Waals surface area (Å²) < 4.78 is 0. The van der Waals surface area contributed by atoms with Crippen LogP contribution in [0.1, 0.15) is 13.8 Å². The average molecular weight is 141 g/mol. The van der Waals surface area contributed by atoms with Crippen LogP contribution in [-0.2, 0) is 0 Å². The van der Waals surface area contributed by atoms with Gasteiger partial charge in [-0.15, -0.1) is 0 Å². The van der Waals surface area contributed by atoms with Crippen molar-refractivity contribution >= 4 is 18.0 Å². The number of hydrogen-bond donors (Lipinski definition) is 0. The Hall–Kier alpha value is -0.500. The van der Waals surface area contributed by atoms with E-state index in [4.69, 9.17) is 0 Å². The molecule has 0 aromatic carbocycles. The van der Waals surface area contributed by atoms with Gasteiger partial charge in [-0.2, -0.15) is 0 Å². The Kier molecular flexibility index (Phi) is 5.32. The van der Waals surface area contributed by atoms with Crippen LogP contribution in [0.4, 0.5) is 0 Å².